The Morgan fingerprint density at radius 1 is 1.00 bits per heavy atom. The van der Waals surface area contributed by atoms with Gasteiger partial charge in [-0.15, -0.1) is 0 Å². The SMILES string of the molecule is CC(C)[C@H](NC(=O)Cc1cccc2ccccc12)C(=O)N1CCN(c2cnccn2)CC1. The van der Waals surface area contributed by atoms with Crippen LogP contribution in [-0.4, -0.2) is 58.9 Å². The zero-order valence-electron chi connectivity index (χ0n) is 18.6. The highest BCUT2D eigenvalue weighted by molar-refractivity contribution is 5.92. The zero-order chi connectivity index (χ0) is 22.5. The Morgan fingerprint density at radius 2 is 1.75 bits per heavy atom. The molecule has 0 saturated carbocycles. The van der Waals surface area contributed by atoms with E-state index in [9.17, 15) is 9.59 Å². The average molecular weight is 432 g/mol. The second-order valence-electron chi connectivity index (χ2n) is 8.48. The van der Waals surface area contributed by atoms with Crippen LogP contribution in [0.4, 0.5) is 5.82 Å². The van der Waals surface area contributed by atoms with Gasteiger partial charge in [0, 0.05) is 38.6 Å². The number of carbonyl (C=O) groups is 2. The molecular formula is C25H29N5O2. The number of carbonyl (C=O) groups excluding carboxylic acids is 2. The van der Waals surface area contributed by atoms with Gasteiger partial charge in [0.25, 0.3) is 0 Å². The molecule has 7 heteroatoms. The van der Waals surface area contributed by atoms with Gasteiger partial charge in [0.2, 0.25) is 11.8 Å². The average Bonchev–Trinajstić information content (AvgIpc) is 2.83. The number of anilines is 1. The summed E-state index contributed by atoms with van der Waals surface area (Å²) in [5.41, 5.74) is 0.966. The van der Waals surface area contributed by atoms with Crippen LogP contribution in [0.15, 0.2) is 61.1 Å². The maximum absolute atomic E-state index is 13.2. The van der Waals surface area contributed by atoms with E-state index >= 15 is 0 Å². The highest BCUT2D eigenvalue weighted by Gasteiger charge is 2.31. The van der Waals surface area contributed by atoms with Gasteiger partial charge in [0.15, 0.2) is 0 Å². The fourth-order valence-electron chi connectivity index (χ4n) is 4.16. The summed E-state index contributed by atoms with van der Waals surface area (Å²) in [6, 6.07) is 13.5. The van der Waals surface area contributed by atoms with Crippen LogP contribution in [0, 0.1) is 5.92 Å². The summed E-state index contributed by atoms with van der Waals surface area (Å²) in [7, 11) is 0. The Bertz CT molecular complexity index is 1070. The molecule has 0 radical (unpaired) electrons. The quantitative estimate of drug-likeness (QED) is 0.649. The molecule has 1 atom stereocenters. The summed E-state index contributed by atoms with van der Waals surface area (Å²) in [6.45, 7) is 6.52. The summed E-state index contributed by atoms with van der Waals surface area (Å²) in [6.07, 6.45) is 5.31. The van der Waals surface area contributed by atoms with E-state index in [1.54, 1.807) is 18.6 Å². The summed E-state index contributed by atoms with van der Waals surface area (Å²) in [4.78, 5) is 38.6. The third kappa shape index (κ3) is 4.88. The van der Waals surface area contributed by atoms with Crippen molar-refractivity contribution in [3.05, 3.63) is 66.6 Å². The van der Waals surface area contributed by atoms with Crippen LogP contribution in [0.3, 0.4) is 0 Å². The van der Waals surface area contributed by atoms with Gasteiger partial charge in [0.05, 0.1) is 12.6 Å². The Labute approximate surface area is 188 Å². The number of aromatic nitrogens is 2. The molecule has 1 saturated heterocycles. The smallest absolute Gasteiger partial charge is 0.245 e. The van der Waals surface area contributed by atoms with Crippen molar-refractivity contribution in [1.29, 1.82) is 0 Å². The van der Waals surface area contributed by atoms with Gasteiger partial charge in [-0.05, 0) is 22.3 Å². The zero-order valence-corrected chi connectivity index (χ0v) is 18.6. The second kappa shape index (κ2) is 9.77. The third-order valence-electron chi connectivity index (χ3n) is 5.95. The molecule has 1 aliphatic rings. The van der Waals surface area contributed by atoms with E-state index in [0.717, 1.165) is 22.2 Å². The van der Waals surface area contributed by atoms with Crippen LogP contribution in [0.25, 0.3) is 10.8 Å². The van der Waals surface area contributed by atoms with Gasteiger partial charge in [-0.1, -0.05) is 56.3 Å². The molecule has 1 aromatic heterocycles. The van der Waals surface area contributed by atoms with Crippen molar-refractivity contribution in [2.75, 3.05) is 31.1 Å². The van der Waals surface area contributed by atoms with Gasteiger partial charge in [-0.3, -0.25) is 14.6 Å². The lowest BCUT2D eigenvalue weighted by Gasteiger charge is -2.37. The summed E-state index contributed by atoms with van der Waals surface area (Å²) < 4.78 is 0. The molecular weight excluding hydrogens is 402 g/mol. The molecule has 2 heterocycles. The Morgan fingerprint density at radius 3 is 2.47 bits per heavy atom. The minimum absolute atomic E-state index is 0.00279. The molecule has 1 fully saturated rings. The van der Waals surface area contributed by atoms with E-state index in [2.05, 4.69) is 20.2 Å². The van der Waals surface area contributed by atoms with E-state index in [1.165, 1.54) is 0 Å². The third-order valence-corrected chi connectivity index (χ3v) is 5.95. The lowest BCUT2D eigenvalue weighted by Crippen LogP contribution is -2.56. The van der Waals surface area contributed by atoms with E-state index in [0.29, 0.717) is 26.2 Å². The molecule has 32 heavy (non-hydrogen) atoms. The van der Waals surface area contributed by atoms with Crippen LogP contribution >= 0.6 is 0 Å². The Kier molecular flexibility index (Phi) is 6.63. The standard InChI is InChI=1S/C25H29N5O2/c1-18(2)24(25(32)30-14-12-29(13-15-30)22-17-26-10-11-27-22)28-23(31)16-20-8-5-7-19-6-3-4-9-21(19)20/h3-11,17-18,24H,12-16H2,1-2H3,(H,28,31)/t24-/m0/s1. The van der Waals surface area contributed by atoms with Gasteiger partial charge in [-0.25, -0.2) is 4.98 Å². The maximum Gasteiger partial charge on any atom is 0.245 e. The number of nitrogens with zero attached hydrogens (tertiary/aromatic N) is 4. The van der Waals surface area contributed by atoms with Crippen molar-refractivity contribution >= 4 is 28.4 Å². The number of benzene rings is 2. The number of nitrogens with one attached hydrogen (secondary N) is 1. The molecule has 1 N–H and O–H groups in total. The van der Waals surface area contributed by atoms with E-state index in [-0.39, 0.29) is 24.2 Å². The van der Waals surface area contributed by atoms with Gasteiger partial charge >= 0.3 is 0 Å². The first kappa shape index (κ1) is 21.7. The lowest BCUT2D eigenvalue weighted by molar-refractivity contribution is -0.137. The van der Waals surface area contributed by atoms with Crippen LogP contribution in [0.2, 0.25) is 0 Å². The van der Waals surface area contributed by atoms with E-state index in [4.69, 9.17) is 0 Å². The molecule has 2 aromatic carbocycles. The largest absolute Gasteiger partial charge is 0.352 e. The fourth-order valence-corrected chi connectivity index (χ4v) is 4.16. The molecule has 3 aromatic rings. The van der Waals surface area contributed by atoms with Crippen molar-refractivity contribution in [1.82, 2.24) is 20.2 Å². The first-order chi connectivity index (χ1) is 15.5. The van der Waals surface area contributed by atoms with E-state index in [1.807, 2.05) is 61.2 Å². The van der Waals surface area contributed by atoms with Crippen LogP contribution < -0.4 is 10.2 Å². The van der Waals surface area contributed by atoms with Crippen LogP contribution in [0.1, 0.15) is 19.4 Å². The summed E-state index contributed by atoms with van der Waals surface area (Å²) in [5, 5.41) is 5.18. The fraction of sp³-hybridized carbons (Fsp3) is 0.360. The minimum atomic E-state index is -0.541. The molecule has 0 aliphatic carbocycles. The number of fused-ring (bicyclic) bond motifs is 1. The second-order valence-corrected chi connectivity index (χ2v) is 8.48. The molecule has 0 unspecified atom stereocenters. The molecule has 166 valence electrons. The van der Waals surface area contributed by atoms with Crippen molar-refractivity contribution in [2.45, 2.75) is 26.3 Å². The molecule has 0 bridgehead atoms. The van der Waals surface area contributed by atoms with E-state index < -0.39 is 6.04 Å². The number of hydrogen-bond donors (Lipinski definition) is 1. The number of rotatable bonds is 6. The normalized spacial score (nSPS) is 15.1. The van der Waals surface area contributed by atoms with Gasteiger partial charge < -0.3 is 15.1 Å². The molecule has 7 nitrogen and oxygen atoms in total. The van der Waals surface area contributed by atoms with Crippen molar-refractivity contribution in [2.24, 2.45) is 5.92 Å². The first-order valence-electron chi connectivity index (χ1n) is 11.1. The highest BCUT2D eigenvalue weighted by Crippen LogP contribution is 2.19. The maximum atomic E-state index is 13.2. The first-order valence-corrected chi connectivity index (χ1v) is 11.1. The highest BCUT2D eigenvalue weighted by atomic mass is 16.2. The monoisotopic (exact) mass is 431 g/mol. The van der Waals surface area contributed by atoms with Crippen LogP contribution in [-0.2, 0) is 16.0 Å². The van der Waals surface area contributed by atoms with Crippen molar-refractivity contribution in [3.8, 4) is 0 Å². The summed E-state index contributed by atoms with van der Waals surface area (Å²) >= 11 is 0. The minimum Gasteiger partial charge on any atom is -0.352 e. The lowest BCUT2D eigenvalue weighted by atomic mass is 9.99. The van der Waals surface area contributed by atoms with Gasteiger partial charge in [-0.2, -0.15) is 0 Å². The molecule has 4 rings (SSSR count). The topological polar surface area (TPSA) is 78.4 Å². The van der Waals surface area contributed by atoms with Crippen molar-refractivity contribution in [3.63, 3.8) is 0 Å². The van der Waals surface area contributed by atoms with Gasteiger partial charge in [0.1, 0.15) is 11.9 Å². The predicted molar refractivity (Wildman–Crippen MR) is 125 cm³/mol. The Hall–Kier alpha value is -3.48. The molecule has 1 aliphatic heterocycles. The molecule has 0 spiro atoms. The van der Waals surface area contributed by atoms with Crippen LogP contribution in [0.5, 0.6) is 0 Å². The number of piperazine rings is 1. The Balaban J connectivity index is 1.39. The predicted octanol–water partition coefficient (Wildman–Crippen LogP) is 2.66. The summed E-state index contributed by atoms with van der Waals surface area (Å²) in [5.74, 6) is 0.664. The number of hydrogen-bond acceptors (Lipinski definition) is 5. The van der Waals surface area contributed by atoms with Crippen molar-refractivity contribution < 1.29 is 9.59 Å². The molecule has 2 amide bonds. The number of amides is 2.